The molecule has 0 radical (unpaired) electrons. The molecule has 1 aromatic heterocycles. The van der Waals surface area contributed by atoms with E-state index in [0.717, 1.165) is 29.9 Å². The van der Waals surface area contributed by atoms with Crippen LogP contribution < -0.4 is 4.74 Å². The van der Waals surface area contributed by atoms with Crippen LogP contribution in [0.25, 0.3) is 0 Å². The van der Waals surface area contributed by atoms with Gasteiger partial charge < -0.3 is 14.4 Å². The van der Waals surface area contributed by atoms with Gasteiger partial charge in [-0.1, -0.05) is 23.7 Å². The van der Waals surface area contributed by atoms with Gasteiger partial charge in [0.05, 0.1) is 12.7 Å². The van der Waals surface area contributed by atoms with Crippen molar-refractivity contribution in [3.63, 3.8) is 0 Å². The summed E-state index contributed by atoms with van der Waals surface area (Å²) in [5.74, 6) is 1.29. The summed E-state index contributed by atoms with van der Waals surface area (Å²) in [6.45, 7) is 4.47. The van der Waals surface area contributed by atoms with Crippen LogP contribution in [0.5, 0.6) is 11.5 Å². The number of ketones is 1. The lowest BCUT2D eigenvalue weighted by molar-refractivity contribution is -0.0107. The monoisotopic (exact) mass is 467 g/mol. The Morgan fingerprint density at radius 2 is 1.91 bits per heavy atom. The Bertz CT molecular complexity index is 1130. The lowest BCUT2D eigenvalue weighted by atomic mass is 10.0. The fourth-order valence-corrected chi connectivity index (χ4v) is 3.99. The second kappa shape index (κ2) is 10.2. The van der Waals surface area contributed by atoms with E-state index in [0.29, 0.717) is 18.2 Å². The number of amides is 1. The zero-order chi connectivity index (χ0) is 23.4. The minimum Gasteiger partial charge on any atom is -0.457 e. The van der Waals surface area contributed by atoms with E-state index in [1.54, 1.807) is 23.1 Å². The highest BCUT2D eigenvalue weighted by molar-refractivity contribution is 6.30. The van der Waals surface area contributed by atoms with Crippen LogP contribution in [0.2, 0.25) is 5.02 Å². The first-order valence-corrected chi connectivity index (χ1v) is 11.3. The zero-order valence-corrected chi connectivity index (χ0v) is 19.4. The van der Waals surface area contributed by atoms with Crippen molar-refractivity contribution in [1.29, 1.82) is 0 Å². The number of rotatable bonds is 6. The number of aromatic nitrogens is 2. The molecule has 33 heavy (non-hydrogen) atoms. The van der Waals surface area contributed by atoms with Crippen LogP contribution in [0.1, 0.15) is 42.7 Å². The van der Waals surface area contributed by atoms with Gasteiger partial charge in [-0.25, -0.2) is 4.79 Å². The second-order valence-corrected chi connectivity index (χ2v) is 8.62. The summed E-state index contributed by atoms with van der Waals surface area (Å²) in [6, 6.07) is 16.4. The minimum atomic E-state index is -0.222. The Morgan fingerprint density at radius 1 is 1.12 bits per heavy atom. The Kier molecular flexibility index (Phi) is 7.11. The fourth-order valence-electron chi connectivity index (χ4n) is 3.87. The number of carbonyl (C=O) groups excluding carboxylic acids is 2. The maximum atomic E-state index is 12.8. The molecule has 172 valence electrons. The molecule has 0 saturated carbocycles. The second-order valence-electron chi connectivity index (χ2n) is 8.19. The Morgan fingerprint density at radius 3 is 2.61 bits per heavy atom. The number of hydrogen-bond acceptors (Lipinski definition) is 5. The molecule has 1 aliphatic heterocycles. The number of likely N-dealkylation sites (tertiary alicyclic amines) is 1. The van der Waals surface area contributed by atoms with Gasteiger partial charge >= 0.3 is 6.03 Å². The first kappa shape index (κ1) is 23.0. The summed E-state index contributed by atoms with van der Waals surface area (Å²) in [7, 11) is 0. The average Bonchev–Trinajstić information content (AvgIpc) is 3.30. The molecule has 1 aliphatic rings. The molecule has 1 fully saturated rings. The number of Topliss-reactive ketones (excluding diaryl/α,β-unsaturated/α-hetero) is 1. The van der Waals surface area contributed by atoms with Crippen LogP contribution in [-0.2, 0) is 11.3 Å². The topological polar surface area (TPSA) is 73.7 Å². The SMILES string of the molecule is CC(=O)c1ccn(C(=O)N2CC[C@H](OCc3cccc(Oc4ccc(Cl)cc4)c3)C[C@H]2C)n1. The maximum Gasteiger partial charge on any atom is 0.344 e. The van der Waals surface area contributed by atoms with E-state index in [1.165, 1.54) is 17.8 Å². The molecule has 0 bridgehead atoms. The van der Waals surface area contributed by atoms with Gasteiger partial charge in [-0.2, -0.15) is 9.78 Å². The third kappa shape index (κ3) is 5.80. The Balaban J connectivity index is 1.30. The predicted octanol–water partition coefficient (Wildman–Crippen LogP) is 5.57. The molecule has 1 saturated heterocycles. The zero-order valence-electron chi connectivity index (χ0n) is 18.6. The van der Waals surface area contributed by atoms with Crippen LogP contribution in [-0.4, -0.2) is 45.2 Å². The summed E-state index contributed by atoms with van der Waals surface area (Å²) in [4.78, 5) is 26.0. The number of ether oxygens (including phenoxy) is 2. The van der Waals surface area contributed by atoms with Gasteiger partial charge in [0.15, 0.2) is 5.78 Å². The van der Waals surface area contributed by atoms with Gasteiger partial charge in [-0.05, 0) is 67.8 Å². The number of benzene rings is 2. The molecule has 0 unspecified atom stereocenters. The first-order chi connectivity index (χ1) is 15.9. The van der Waals surface area contributed by atoms with Crippen molar-refractivity contribution in [3.05, 3.63) is 77.1 Å². The smallest absolute Gasteiger partial charge is 0.344 e. The summed E-state index contributed by atoms with van der Waals surface area (Å²) in [5.41, 5.74) is 1.30. The standard InChI is InChI=1S/C25H26ClN3O4/c1-17-14-22(10-12-28(17)25(31)29-13-11-24(27-29)18(2)30)32-16-19-4-3-5-23(15-19)33-21-8-6-20(26)7-9-21/h3-9,11,13,15,17,22H,10,12,14,16H2,1-2H3/t17-,22+/m1/s1. The molecule has 3 aromatic rings. The van der Waals surface area contributed by atoms with Gasteiger partial charge in [-0.3, -0.25) is 4.79 Å². The van der Waals surface area contributed by atoms with Gasteiger partial charge in [0.1, 0.15) is 17.2 Å². The van der Waals surface area contributed by atoms with E-state index in [1.807, 2.05) is 43.3 Å². The number of piperidine rings is 1. The lowest BCUT2D eigenvalue weighted by Crippen LogP contribution is -2.48. The van der Waals surface area contributed by atoms with E-state index in [4.69, 9.17) is 21.1 Å². The van der Waals surface area contributed by atoms with Gasteiger partial charge in [0, 0.05) is 30.7 Å². The van der Waals surface area contributed by atoms with Crippen LogP contribution in [0.3, 0.4) is 0 Å². The van der Waals surface area contributed by atoms with Crippen molar-refractivity contribution in [1.82, 2.24) is 14.7 Å². The van der Waals surface area contributed by atoms with Crippen molar-refractivity contribution in [3.8, 4) is 11.5 Å². The molecule has 7 nitrogen and oxygen atoms in total. The highest BCUT2D eigenvalue weighted by Gasteiger charge is 2.30. The molecule has 1 amide bonds. The number of hydrogen-bond donors (Lipinski definition) is 0. The number of carbonyl (C=O) groups is 2. The predicted molar refractivity (Wildman–Crippen MR) is 125 cm³/mol. The van der Waals surface area contributed by atoms with E-state index >= 15 is 0 Å². The van der Waals surface area contributed by atoms with Crippen molar-refractivity contribution >= 4 is 23.4 Å². The molecule has 0 N–H and O–H groups in total. The number of halogens is 1. The summed E-state index contributed by atoms with van der Waals surface area (Å²) >= 11 is 5.92. The van der Waals surface area contributed by atoms with E-state index in [2.05, 4.69) is 5.10 Å². The molecule has 4 rings (SSSR count). The quantitative estimate of drug-likeness (QED) is 0.443. The lowest BCUT2D eigenvalue weighted by Gasteiger charge is -2.37. The molecule has 8 heteroatoms. The molecule has 0 spiro atoms. The van der Waals surface area contributed by atoms with Gasteiger partial charge in [-0.15, -0.1) is 0 Å². The van der Waals surface area contributed by atoms with Crippen molar-refractivity contribution in [2.24, 2.45) is 0 Å². The van der Waals surface area contributed by atoms with Crippen molar-refractivity contribution in [2.75, 3.05) is 6.54 Å². The number of nitrogens with zero attached hydrogens (tertiary/aromatic N) is 3. The fraction of sp³-hybridized carbons (Fsp3) is 0.320. The van der Waals surface area contributed by atoms with Gasteiger partial charge in [0.2, 0.25) is 0 Å². The van der Waals surface area contributed by atoms with Crippen molar-refractivity contribution < 1.29 is 19.1 Å². The van der Waals surface area contributed by atoms with Gasteiger partial charge in [0.25, 0.3) is 0 Å². The average molecular weight is 468 g/mol. The summed E-state index contributed by atoms with van der Waals surface area (Å²) < 4.78 is 13.3. The highest BCUT2D eigenvalue weighted by Crippen LogP contribution is 2.26. The van der Waals surface area contributed by atoms with Crippen LogP contribution in [0.4, 0.5) is 4.79 Å². The third-order valence-electron chi connectivity index (χ3n) is 5.65. The van der Waals surface area contributed by atoms with E-state index in [-0.39, 0.29) is 29.7 Å². The van der Waals surface area contributed by atoms with E-state index in [9.17, 15) is 9.59 Å². The van der Waals surface area contributed by atoms with E-state index < -0.39 is 0 Å². The molecule has 2 atom stereocenters. The first-order valence-electron chi connectivity index (χ1n) is 10.9. The largest absolute Gasteiger partial charge is 0.457 e. The molecule has 2 heterocycles. The maximum absolute atomic E-state index is 12.8. The molecular formula is C25H26ClN3O4. The highest BCUT2D eigenvalue weighted by atomic mass is 35.5. The Labute approximate surface area is 197 Å². The Hall–Kier alpha value is -3.16. The van der Waals surface area contributed by atoms with Crippen LogP contribution >= 0.6 is 11.6 Å². The van der Waals surface area contributed by atoms with Crippen LogP contribution in [0, 0.1) is 0 Å². The molecule has 2 aromatic carbocycles. The third-order valence-corrected chi connectivity index (χ3v) is 5.90. The molecular weight excluding hydrogens is 442 g/mol. The minimum absolute atomic E-state index is 0.000741. The molecule has 0 aliphatic carbocycles. The summed E-state index contributed by atoms with van der Waals surface area (Å²) in [5, 5.41) is 4.75. The summed E-state index contributed by atoms with van der Waals surface area (Å²) in [6.07, 6.45) is 3.05. The normalized spacial score (nSPS) is 18.2. The van der Waals surface area contributed by atoms with Crippen LogP contribution in [0.15, 0.2) is 60.8 Å². The van der Waals surface area contributed by atoms with Crippen molar-refractivity contribution in [2.45, 2.75) is 45.4 Å².